The summed E-state index contributed by atoms with van der Waals surface area (Å²) in [6.07, 6.45) is 0.771. The summed E-state index contributed by atoms with van der Waals surface area (Å²) in [7, 11) is 0. The molecule has 2 heterocycles. The Balaban J connectivity index is 1.47. The average Bonchev–Trinajstić information content (AvgIpc) is 2.88. The number of aromatic hydroxyl groups is 2. The lowest BCUT2D eigenvalue weighted by Crippen LogP contribution is -2.58. The summed E-state index contributed by atoms with van der Waals surface area (Å²) in [5.41, 5.74) is 2.18. The first-order chi connectivity index (χ1) is 19.2. The van der Waals surface area contributed by atoms with Crippen molar-refractivity contribution in [3.05, 3.63) is 59.2 Å². The van der Waals surface area contributed by atoms with Crippen LogP contribution in [0, 0.1) is 11.8 Å². The monoisotopic (exact) mass is 565 g/mol. The molecule has 8 heteroatoms. The van der Waals surface area contributed by atoms with Crippen LogP contribution in [-0.4, -0.2) is 69.3 Å². The molecule has 0 aromatic heterocycles. The van der Waals surface area contributed by atoms with Gasteiger partial charge in [-0.25, -0.2) is 4.79 Å². The Bertz CT molecular complexity index is 1260. The third-order valence-electron chi connectivity index (χ3n) is 8.91. The second-order valence-electron chi connectivity index (χ2n) is 13.5. The van der Waals surface area contributed by atoms with Gasteiger partial charge in [-0.2, -0.15) is 0 Å². The summed E-state index contributed by atoms with van der Waals surface area (Å²) in [6.45, 7) is 16.9. The van der Waals surface area contributed by atoms with E-state index in [0.29, 0.717) is 24.6 Å². The van der Waals surface area contributed by atoms with Crippen molar-refractivity contribution in [1.82, 2.24) is 15.1 Å². The highest BCUT2D eigenvalue weighted by molar-refractivity contribution is 5.87. The Labute approximate surface area is 244 Å². The van der Waals surface area contributed by atoms with E-state index in [4.69, 9.17) is 4.74 Å². The molecule has 0 saturated carbocycles. The smallest absolute Gasteiger partial charge is 0.411 e. The Morgan fingerprint density at radius 3 is 2.44 bits per heavy atom. The fourth-order valence-electron chi connectivity index (χ4n) is 6.07. The summed E-state index contributed by atoms with van der Waals surface area (Å²) < 4.78 is 5.67. The van der Waals surface area contributed by atoms with Crippen LogP contribution in [-0.2, 0) is 27.9 Å². The number of amides is 2. The summed E-state index contributed by atoms with van der Waals surface area (Å²) in [6, 6.07) is 11.9. The fourth-order valence-corrected chi connectivity index (χ4v) is 6.07. The summed E-state index contributed by atoms with van der Waals surface area (Å²) in [5.74, 6) is 0.782. The number of phenols is 2. The zero-order valence-corrected chi connectivity index (χ0v) is 25.6. The van der Waals surface area contributed by atoms with Gasteiger partial charge in [-0.3, -0.25) is 9.69 Å². The maximum absolute atomic E-state index is 13.8. The van der Waals surface area contributed by atoms with Crippen LogP contribution in [0.15, 0.2) is 42.5 Å². The van der Waals surface area contributed by atoms with Crippen LogP contribution in [0.2, 0.25) is 0 Å². The van der Waals surface area contributed by atoms with Crippen LogP contribution in [0.3, 0.4) is 0 Å². The molecule has 0 radical (unpaired) electrons. The first kappa shape index (κ1) is 30.7. The quantitative estimate of drug-likeness (QED) is 0.445. The van der Waals surface area contributed by atoms with Gasteiger partial charge < -0.3 is 25.2 Å². The van der Waals surface area contributed by atoms with Crippen molar-refractivity contribution in [3.8, 4) is 11.5 Å². The van der Waals surface area contributed by atoms with Crippen molar-refractivity contribution in [1.29, 1.82) is 0 Å². The lowest BCUT2D eigenvalue weighted by molar-refractivity contribution is -0.128. The summed E-state index contributed by atoms with van der Waals surface area (Å²) in [5, 5.41) is 23.3. The van der Waals surface area contributed by atoms with Crippen molar-refractivity contribution in [2.24, 2.45) is 11.8 Å². The molecule has 224 valence electrons. The zero-order valence-electron chi connectivity index (χ0n) is 25.6. The van der Waals surface area contributed by atoms with E-state index < -0.39 is 17.7 Å². The van der Waals surface area contributed by atoms with E-state index in [1.807, 2.05) is 39.0 Å². The van der Waals surface area contributed by atoms with Crippen LogP contribution in [0.5, 0.6) is 11.5 Å². The Morgan fingerprint density at radius 2 is 1.80 bits per heavy atom. The number of piperidine rings is 1. The van der Waals surface area contributed by atoms with Gasteiger partial charge in [0.25, 0.3) is 0 Å². The van der Waals surface area contributed by atoms with Crippen molar-refractivity contribution >= 4 is 12.0 Å². The van der Waals surface area contributed by atoms with E-state index in [1.165, 1.54) is 4.90 Å². The number of fused-ring (bicyclic) bond motifs is 1. The molecule has 2 aromatic carbocycles. The first-order valence-corrected chi connectivity index (χ1v) is 14.8. The molecule has 2 aromatic rings. The Hall–Kier alpha value is -3.26. The standard InChI is InChI=1S/C33H47N3O5/c1-21(2)28(20-35-14-13-33(7,22(3)18-35)25-9-8-10-26(37)17-25)34-30(39)29-16-23-11-12-27(38)15-24(23)19-36(29)31(40)41-32(4,5)6/h8-12,15,17,21-22,28-29,37-38H,13-14,16,18-20H2,1-7H3,(H,34,39)/t22-,28-,29+,33+/m1/s1. The van der Waals surface area contributed by atoms with Gasteiger partial charge in [0.2, 0.25) is 5.91 Å². The van der Waals surface area contributed by atoms with E-state index in [-0.39, 0.29) is 35.6 Å². The third-order valence-corrected chi connectivity index (χ3v) is 8.91. The molecule has 2 aliphatic heterocycles. The predicted molar refractivity (Wildman–Crippen MR) is 160 cm³/mol. The van der Waals surface area contributed by atoms with Crippen molar-refractivity contribution in [2.45, 2.75) is 91.0 Å². The number of hydrogen-bond donors (Lipinski definition) is 3. The van der Waals surface area contributed by atoms with E-state index >= 15 is 0 Å². The molecule has 4 rings (SSSR count). The number of hydrogen-bond acceptors (Lipinski definition) is 6. The summed E-state index contributed by atoms with van der Waals surface area (Å²) in [4.78, 5) is 31.0. The minimum Gasteiger partial charge on any atom is -0.508 e. The maximum Gasteiger partial charge on any atom is 0.411 e. The van der Waals surface area contributed by atoms with Crippen LogP contribution < -0.4 is 5.32 Å². The van der Waals surface area contributed by atoms with E-state index in [9.17, 15) is 19.8 Å². The number of nitrogens with one attached hydrogen (secondary N) is 1. The van der Waals surface area contributed by atoms with Crippen molar-refractivity contribution in [2.75, 3.05) is 19.6 Å². The molecule has 0 unspecified atom stereocenters. The van der Waals surface area contributed by atoms with Crippen LogP contribution in [0.4, 0.5) is 4.79 Å². The minimum absolute atomic E-state index is 0.0380. The molecule has 1 saturated heterocycles. The van der Waals surface area contributed by atoms with Crippen LogP contribution in [0.25, 0.3) is 0 Å². The van der Waals surface area contributed by atoms with Crippen molar-refractivity contribution in [3.63, 3.8) is 0 Å². The van der Waals surface area contributed by atoms with Gasteiger partial charge in [0, 0.05) is 25.6 Å². The normalized spacial score (nSPS) is 24.0. The minimum atomic E-state index is -0.711. The lowest BCUT2D eigenvalue weighted by atomic mass is 9.68. The van der Waals surface area contributed by atoms with Crippen LogP contribution in [0.1, 0.15) is 71.6 Å². The van der Waals surface area contributed by atoms with Crippen LogP contribution >= 0.6 is 0 Å². The molecular formula is C33H47N3O5. The fraction of sp³-hybridized carbons (Fsp3) is 0.576. The molecule has 0 spiro atoms. The maximum atomic E-state index is 13.8. The highest BCUT2D eigenvalue weighted by Crippen LogP contribution is 2.40. The molecule has 41 heavy (non-hydrogen) atoms. The second kappa shape index (κ2) is 11.9. The lowest BCUT2D eigenvalue weighted by Gasteiger charge is -2.46. The van der Waals surface area contributed by atoms with E-state index in [2.05, 4.69) is 44.0 Å². The molecule has 8 nitrogen and oxygen atoms in total. The third kappa shape index (κ3) is 7.15. The van der Waals surface area contributed by atoms with E-state index in [1.54, 1.807) is 18.2 Å². The molecule has 3 N–H and O–H groups in total. The number of nitrogens with zero attached hydrogens (tertiary/aromatic N) is 2. The number of rotatable bonds is 6. The topological polar surface area (TPSA) is 102 Å². The molecule has 2 amide bonds. The van der Waals surface area contributed by atoms with Gasteiger partial charge >= 0.3 is 6.09 Å². The van der Waals surface area contributed by atoms with Gasteiger partial charge in [-0.1, -0.05) is 45.9 Å². The number of carbonyl (C=O) groups excluding carboxylic acids is 2. The molecule has 1 fully saturated rings. The Morgan fingerprint density at radius 1 is 1.10 bits per heavy atom. The number of phenolic OH excluding ortho intramolecular Hbond substituents is 2. The van der Waals surface area contributed by atoms with Gasteiger partial charge in [0.05, 0.1) is 6.54 Å². The van der Waals surface area contributed by atoms with Crippen molar-refractivity contribution < 1.29 is 24.5 Å². The first-order valence-electron chi connectivity index (χ1n) is 14.8. The SMILES string of the molecule is CC(C)[C@@H](CN1CC[C@](C)(c2cccc(O)c2)[C@H](C)C1)NC(=O)[C@@H]1Cc2ccc(O)cc2CN1C(=O)OC(C)(C)C. The van der Waals surface area contributed by atoms with Gasteiger partial charge in [0.1, 0.15) is 23.1 Å². The number of carbonyl (C=O) groups is 2. The largest absolute Gasteiger partial charge is 0.508 e. The molecule has 2 aliphatic rings. The number of benzene rings is 2. The number of ether oxygens (including phenoxy) is 1. The molecule has 0 aliphatic carbocycles. The molecular weight excluding hydrogens is 518 g/mol. The van der Waals surface area contributed by atoms with Gasteiger partial charge in [-0.05, 0) is 91.9 Å². The van der Waals surface area contributed by atoms with Gasteiger partial charge in [-0.15, -0.1) is 0 Å². The predicted octanol–water partition coefficient (Wildman–Crippen LogP) is 5.20. The molecule has 4 atom stereocenters. The summed E-state index contributed by atoms with van der Waals surface area (Å²) >= 11 is 0. The highest BCUT2D eigenvalue weighted by atomic mass is 16.6. The average molecular weight is 566 g/mol. The number of likely N-dealkylation sites (tertiary alicyclic amines) is 1. The molecule has 0 bridgehead atoms. The second-order valence-corrected chi connectivity index (χ2v) is 13.5. The van der Waals surface area contributed by atoms with Gasteiger partial charge in [0.15, 0.2) is 0 Å². The van der Waals surface area contributed by atoms with E-state index in [0.717, 1.165) is 36.2 Å². The highest BCUT2D eigenvalue weighted by Gasteiger charge is 2.41. The zero-order chi connectivity index (χ0) is 30.1. The Kier molecular flexibility index (Phi) is 8.93.